The molecule has 1 aliphatic rings. The number of thiocarbonyl (C=S) groups is 1. The molecule has 1 fully saturated rings. The molecule has 0 aromatic carbocycles. The van der Waals surface area contributed by atoms with Crippen LogP contribution in [0.15, 0.2) is 0 Å². The van der Waals surface area contributed by atoms with Gasteiger partial charge in [-0.05, 0) is 38.7 Å². The van der Waals surface area contributed by atoms with Crippen LogP contribution in [0.5, 0.6) is 0 Å². The van der Waals surface area contributed by atoms with Crippen molar-refractivity contribution in [1.29, 1.82) is 0 Å². The second-order valence-corrected chi connectivity index (χ2v) is 3.82. The smallest absolute Gasteiger partial charge is 0.163 e. The van der Waals surface area contributed by atoms with Crippen LogP contribution in [-0.4, -0.2) is 36.2 Å². The standard InChI is InChI=1S/C8H17N3S/c1-11-5-3-2-4-7(11)6-10-8(9)12/h7H,2-6H2,1H3,(H3,9,10,12). The molecule has 0 aromatic rings. The Morgan fingerprint density at radius 3 is 3.00 bits per heavy atom. The van der Waals surface area contributed by atoms with E-state index in [9.17, 15) is 0 Å². The fourth-order valence-electron chi connectivity index (χ4n) is 1.62. The molecule has 0 amide bonds. The summed E-state index contributed by atoms with van der Waals surface area (Å²) in [6.45, 7) is 2.09. The number of likely N-dealkylation sites (N-methyl/N-ethyl adjacent to an activating group) is 1. The van der Waals surface area contributed by atoms with Gasteiger partial charge in [0, 0.05) is 12.6 Å². The van der Waals surface area contributed by atoms with Gasteiger partial charge in [-0.15, -0.1) is 0 Å². The Morgan fingerprint density at radius 1 is 1.67 bits per heavy atom. The Hall–Kier alpha value is -0.350. The maximum Gasteiger partial charge on any atom is 0.163 e. The zero-order valence-electron chi connectivity index (χ0n) is 7.55. The monoisotopic (exact) mass is 187 g/mol. The zero-order valence-corrected chi connectivity index (χ0v) is 8.36. The predicted molar refractivity (Wildman–Crippen MR) is 55.1 cm³/mol. The molecule has 0 radical (unpaired) electrons. The SMILES string of the molecule is CN1CCCCC1CNC(N)=S. The Kier molecular flexibility index (Phi) is 3.75. The Balaban J connectivity index is 2.24. The van der Waals surface area contributed by atoms with E-state index < -0.39 is 0 Å². The van der Waals surface area contributed by atoms with Crippen molar-refractivity contribution in [2.24, 2.45) is 5.73 Å². The molecule has 1 aliphatic heterocycles. The third-order valence-corrected chi connectivity index (χ3v) is 2.58. The van der Waals surface area contributed by atoms with E-state index in [1.807, 2.05) is 0 Å². The summed E-state index contributed by atoms with van der Waals surface area (Å²) in [7, 11) is 2.16. The topological polar surface area (TPSA) is 41.3 Å². The van der Waals surface area contributed by atoms with Gasteiger partial charge in [-0.3, -0.25) is 0 Å². The van der Waals surface area contributed by atoms with Gasteiger partial charge in [-0.1, -0.05) is 6.42 Å². The minimum absolute atomic E-state index is 0.411. The molecule has 4 heteroatoms. The highest BCUT2D eigenvalue weighted by Gasteiger charge is 2.17. The fraction of sp³-hybridized carbons (Fsp3) is 0.875. The van der Waals surface area contributed by atoms with Crippen molar-refractivity contribution in [3.05, 3.63) is 0 Å². The molecule has 0 aromatic heterocycles. The van der Waals surface area contributed by atoms with Gasteiger partial charge in [0.05, 0.1) is 0 Å². The number of hydrogen-bond donors (Lipinski definition) is 2. The number of nitrogens with zero attached hydrogens (tertiary/aromatic N) is 1. The quantitative estimate of drug-likeness (QED) is 0.610. The van der Waals surface area contributed by atoms with Crippen molar-refractivity contribution in [2.45, 2.75) is 25.3 Å². The molecule has 70 valence electrons. The largest absolute Gasteiger partial charge is 0.376 e. The van der Waals surface area contributed by atoms with Gasteiger partial charge in [0.2, 0.25) is 0 Å². The van der Waals surface area contributed by atoms with E-state index in [0.717, 1.165) is 6.54 Å². The lowest BCUT2D eigenvalue weighted by molar-refractivity contribution is 0.187. The lowest BCUT2D eigenvalue weighted by Gasteiger charge is -2.32. The van der Waals surface area contributed by atoms with Crippen LogP contribution in [0.1, 0.15) is 19.3 Å². The van der Waals surface area contributed by atoms with Crippen LogP contribution in [-0.2, 0) is 0 Å². The van der Waals surface area contributed by atoms with Gasteiger partial charge in [0.1, 0.15) is 0 Å². The molecule has 0 bridgehead atoms. The summed E-state index contributed by atoms with van der Waals surface area (Å²) in [5.74, 6) is 0. The lowest BCUT2D eigenvalue weighted by atomic mass is 10.0. The van der Waals surface area contributed by atoms with E-state index in [1.165, 1.54) is 25.8 Å². The lowest BCUT2D eigenvalue weighted by Crippen LogP contribution is -2.45. The van der Waals surface area contributed by atoms with E-state index in [1.54, 1.807) is 0 Å². The molecule has 0 aliphatic carbocycles. The first-order valence-electron chi connectivity index (χ1n) is 4.43. The van der Waals surface area contributed by atoms with Crippen LogP contribution in [0.25, 0.3) is 0 Å². The van der Waals surface area contributed by atoms with Crippen LogP contribution in [0.4, 0.5) is 0 Å². The van der Waals surface area contributed by atoms with Gasteiger partial charge in [0.15, 0.2) is 5.11 Å². The van der Waals surface area contributed by atoms with Gasteiger partial charge in [-0.2, -0.15) is 0 Å². The van der Waals surface area contributed by atoms with Crippen molar-refractivity contribution in [2.75, 3.05) is 20.1 Å². The maximum absolute atomic E-state index is 5.36. The van der Waals surface area contributed by atoms with Crippen molar-refractivity contribution in [3.63, 3.8) is 0 Å². The third kappa shape index (κ3) is 2.95. The summed E-state index contributed by atoms with van der Waals surface area (Å²) in [5.41, 5.74) is 5.36. The van der Waals surface area contributed by atoms with Crippen LogP contribution < -0.4 is 11.1 Å². The highest BCUT2D eigenvalue weighted by atomic mass is 32.1. The van der Waals surface area contributed by atoms with Crippen molar-refractivity contribution in [1.82, 2.24) is 10.2 Å². The first kappa shape index (κ1) is 9.74. The Morgan fingerprint density at radius 2 is 2.42 bits per heavy atom. The molecule has 1 unspecified atom stereocenters. The zero-order chi connectivity index (χ0) is 8.97. The van der Waals surface area contributed by atoms with Gasteiger partial charge in [0.25, 0.3) is 0 Å². The van der Waals surface area contributed by atoms with Crippen LogP contribution >= 0.6 is 12.2 Å². The normalized spacial score (nSPS) is 25.2. The highest BCUT2D eigenvalue weighted by Crippen LogP contribution is 2.13. The molecule has 0 spiro atoms. The molecular weight excluding hydrogens is 170 g/mol. The number of likely N-dealkylation sites (tertiary alicyclic amines) is 1. The summed E-state index contributed by atoms with van der Waals surface area (Å²) >= 11 is 4.75. The first-order chi connectivity index (χ1) is 5.70. The minimum atomic E-state index is 0.411. The van der Waals surface area contributed by atoms with Crippen molar-refractivity contribution >= 4 is 17.3 Å². The highest BCUT2D eigenvalue weighted by molar-refractivity contribution is 7.80. The Bertz CT molecular complexity index is 160. The Labute approximate surface area is 79.3 Å². The van der Waals surface area contributed by atoms with Gasteiger partial charge >= 0.3 is 0 Å². The van der Waals surface area contributed by atoms with E-state index in [4.69, 9.17) is 18.0 Å². The summed E-state index contributed by atoms with van der Waals surface area (Å²) in [4.78, 5) is 2.37. The first-order valence-corrected chi connectivity index (χ1v) is 4.84. The molecule has 1 rings (SSSR count). The second kappa shape index (κ2) is 4.62. The summed E-state index contributed by atoms with van der Waals surface area (Å²) in [5, 5.41) is 3.42. The summed E-state index contributed by atoms with van der Waals surface area (Å²) in [6.07, 6.45) is 3.90. The van der Waals surface area contributed by atoms with Crippen molar-refractivity contribution in [3.8, 4) is 0 Å². The number of hydrogen-bond acceptors (Lipinski definition) is 2. The predicted octanol–water partition coefficient (Wildman–Crippen LogP) is 0.304. The molecule has 3 N–H and O–H groups in total. The van der Waals surface area contributed by atoms with Crippen molar-refractivity contribution < 1.29 is 0 Å². The molecule has 0 saturated carbocycles. The average Bonchev–Trinajstić information content (AvgIpc) is 2.03. The molecule has 1 heterocycles. The van der Waals surface area contributed by atoms with Crippen LogP contribution in [0, 0.1) is 0 Å². The number of rotatable bonds is 2. The van der Waals surface area contributed by atoms with E-state index in [-0.39, 0.29) is 0 Å². The number of nitrogens with one attached hydrogen (secondary N) is 1. The minimum Gasteiger partial charge on any atom is -0.376 e. The molecular formula is C8H17N3S. The van der Waals surface area contributed by atoms with Gasteiger partial charge < -0.3 is 16.0 Å². The van der Waals surface area contributed by atoms with E-state index in [2.05, 4.69) is 17.3 Å². The van der Waals surface area contributed by atoms with Crippen LogP contribution in [0.2, 0.25) is 0 Å². The third-order valence-electron chi connectivity index (χ3n) is 2.43. The molecule has 1 atom stereocenters. The maximum atomic E-state index is 5.36. The fourth-order valence-corrected chi connectivity index (χ4v) is 1.70. The number of nitrogens with two attached hydrogens (primary N) is 1. The van der Waals surface area contributed by atoms with E-state index >= 15 is 0 Å². The second-order valence-electron chi connectivity index (χ2n) is 3.38. The summed E-state index contributed by atoms with van der Waals surface area (Å²) in [6, 6.07) is 0.611. The van der Waals surface area contributed by atoms with Crippen LogP contribution in [0.3, 0.4) is 0 Å². The number of piperidine rings is 1. The average molecular weight is 187 g/mol. The molecule has 1 saturated heterocycles. The molecule has 3 nitrogen and oxygen atoms in total. The summed E-state index contributed by atoms with van der Waals surface area (Å²) < 4.78 is 0. The van der Waals surface area contributed by atoms with E-state index in [0.29, 0.717) is 11.2 Å². The van der Waals surface area contributed by atoms with Gasteiger partial charge in [-0.25, -0.2) is 0 Å². The molecule has 12 heavy (non-hydrogen) atoms.